The molecule has 6 nitrogen and oxygen atoms in total. The highest BCUT2D eigenvalue weighted by Gasteiger charge is 2.27. The van der Waals surface area contributed by atoms with Crippen molar-refractivity contribution in [2.45, 2.75) is 32.7 Å². The van der Waals surface area contributed by atoms with Crippen LogP contribution in [0.4, 0.5) is 4.39 Å². The average molecular weight is 385 g/mol. The Balaban J connectivity index is 1.59. The number of ether oxygens (including phenoxy) is 1. The minimum Gasteiger partial charge on any atom is -0.477 e. The van der Waals surface area contributed by atoms with E-state index in [0.717, 1.165) is 5.69 Å². The molecule has 2 amide bonds. The maximum Gasteiger partial charge on any atom is 0.256 e. The lowest BCUT2D eigenvalue weighted by Crippen LogP contribution is -2.46. The van der Waals surface area contributed by atoms with Gasteiger partial charge in [0.1, 0.15) is 11.4 Å². The Bertz CT molecular complexity index is 864. The minimum atomic E-state index is -0.516. The van der Waals surface area contributed by atoms with E-state index in [2.05, 4.69) is 10.3 Å². The number of nitrogens with one attached hydrogen (secondary N) is 1. The number of carbonyl (C=O) groups excluding carboxylic acids is 2. The van der Waals surface area contributed by atoms with Crippen LogP contribution in [0, 0.1) is 12.7 Å². The highest BCUT2D eigenvalue weighted by Crippen LogP contribution is 2.19. The summed E-state index contributed by atoms with van der Waals surface area (Å²) in [6.45, 7) is 5.03. The molecule has 0 unspecified atom stereocenters. The molecule has 28 heavy (non-hydrogen) atoms. The normalized spacial score (nSPS) is 14.6. The molecule has 1 aromatic heterocycles. The number of piperidine rings is 1. The number of benzene rings is 1. The van der Waals surface area contributed by atoms with Crippen molar-refractivity contribution >= 4 is 11.8 Å². The van der Waals surface area contributed by atoms with Crippen LogP contribution in [-0.2, 0) is 0 Å². The molecule has 1 aliphatic heterocycles. The fourth-order valence-electron chi connectivity index (χ4n) is 3.25. The Morgan fingerprint density at radius 3 is 2.57 bits per heavy atom. The second-order valence-electron chi connectivity index (χ2n) is 6.76. The molecule has 7 heteroatoms. The lowest BCUT2D eigenvalue weighted by molar-refractivity contribution is 0.0693. The summed E-state index contributed by atoms with van der Waals surface area (Å²) in [5.74, 6) is -0.746. The zero-order chi connectivity index (χ0) is 20.1. The van der Waals surface area contributed by atoms with Gasteiger partial charge in [0.25, 0.3) is 11.8 Å². The number of carbonyl (C=O) groups is 2. The maximum absolute atomic E-state index is 13.8. The number of rotatable bonds is 5. The van der Waals surface area contributed by atoms with Crippen molar-refractivity contribution in [1.29, 1.82) is 0 Å². The molecule has 0 spiro atoms. The summed E-state index contributed by atoms with van der Waals surface area (Å²) >= 11 is 0. The van der Waals surface area contributed by atoms with Gasteiger partial charge in [0.15, 0.2) is 0 Å². The summed E-state index contributed by atoms with van der Waals surface area (Å²) in [5, 5.41) is 2.99. The highest BCUT2D eigenvalue weighted by atomic mass is 19.1. The Labute approximate surface area is 163 Å². The van der Waals surface area contributed by atoms with Crippen molar-refractivity contribution in [1.82, 2.24) is 15.2 Å². The Morgan fingerprint density at radius 1 is 1.18 bits per heavy atom. The summed E-state index contributed by atoms with van der Waals surface area (Å²) in [6, 6.07) is 9.40. The van der Waals surface area contributed by atoms with Gasteiger partial charge >= 0.3 is 0 Å². The van der Waals surface area contributed by atoms with Gasteiger partial charge in [-0.15, -0.1) is 0 Å². The molecule has 1 aromatic carbocycles. The van der Waals surface area contributed by atoms with Crippen molar-refractivity contribution in [3.05, 3.63) is 59.0 Å². The van der Waals surface area contributed by atoms with Gasteiger partial charge in [0.05, 0.1) is 12.2 Å². The summed E-state index contributed by atoms with van der Waals surface area (Å²) in [6.07, 6.45) is 1.21. The van der Waals surface area contributed by atoms with Crippen LogP contribution < -0.4 is 10.1 Å². The van der Waals surface area contributed by atoms with Crippen LogP contribution in [-0.4, -0.2) is 47.4 Å². The fraction of sp³-hybridized carbons (Fsp3) is 0.381. The SMILES string of the molecule is CCOc1nc(C)ccc1C(=O)NC1CCN(C(=O)c2ccccc2F)CC1. The van der Waals surface area contributed by atoms with E-state index in [1.54, 1.807) is 29.2 Å². The summed E-state index contributed by atoms with van der Waals surface area (Å²) in [4.78, 5) is 31.0. The van der Waals surface area contributed by atoms with E-state index >= 15 is 0 Å². The molecule has 3 rings (SSSR count). The molecule has 0 atom stereocenters. The molecule has 0 radical (unpaired) electrons. The first-order chi connectivity index (χ1) is 13.5. The molecule has 148 valence electrons. The van der Waals surface area contributed by atoms with Crippen LogP contribution in [0.25, 0.3) is 0 Å². The fourth-order valence-corrected chi connectivity index (χ4v) is 3.25. The lowest BCUT2D eigenvalue weighted by atomic mass is 10.0. The summed E-state index contributed by atoms with van der Waals surface area (Å²) in [5.41, 5.74) is 1.26. The first kappa shape index (κ1) is 19.8. The quantitative estimate of drug-likeness (QED) is 0.859. The number of amides is 2. The largest absolute Gasteiger partial charge is 0.477 e. The lowest BCUT2D eigenvalue weighted by Gasteiger charge is -2.32. The van der Waals surface area contributed by atoms with E-state index in [1.807, 2.05) is 13.8 Å². The summed E-state index contributed by atoms with van der Waals surface area (Å²) in [7, 11) is 0. The van der Waals surface area contributed by atoms with Crippen molar-refractivity contribution in [3.8, 4) is 5.88 Å². The standard InChI is InChI=1S/C21H24FN3O3/c1-3-28-20-17(9-8-14(2)23-20)19(26)24-15-10-12-25(13-11-15)21(27)16-6-4-5-7-18(16)22/h4-9,15H,3,10-13H2,1-2H3,(H,24,26). The van der Waals surface area contributed by atoms with Gasteiger partial charge in [0, 0.05) is 24.8 Å². The number of aryl methyl sites for hydroxylation is 1. The van der Waals surface area contributed by atoms with Gasteiger partial charge in [-0.2, -0.15) is 0 Å². The predicted molar refractivity (Wildman–Crippen MR) is 103 cm³/mol. The van der Waals surface area contributed by atoms with Crippen LogP contribution in [0.2, 0.25) is 0 Å². The molecule has 0 aliphatic carbocycles. The molecule has 1 fully saturated rings. The first-order valence-electron chi connectivity index (χ1n) is 9.44. The highest BCUT2D eigenvalue weighted by molar-refractivity contribution is 5.97. The van der Waals surface area contributed by atoms with Gasteiger partial charge < -0.3 is 15.0 Å². The maximum atomic E-state index is 13.8. The zero-order valence-electron chi connectivity index (χ0n) is 16.1. The molecular weight excluding hydrogens is 361 g/mol. The van der Waals surface area contributed by atoms with Gasteiger partial charge in [0.2, 0.25) is 5.88 Å². The van der Waals surface area contributed by atoms with E-state index in [1.165, 1.54) is 12.1 Å². The molecule has 0 saturated carbocycles. The van der Waals surface area contributed by atoms with E-state index in [-0.39, 0.29) is 23.4 Å². The van der Waals surface area contributed by atoms with E-state index in [9.17, 15) is 14.0 Å². The Morgan fingerprint density at radius 2 is 1.89 bits per heavy atom. The smallest absolute Gasteiger partial charge is 0.256 e. The number of likely N-dealkylation sites (tertiary alicyclic amines) is 1. The topological polar surface area (TPSA) is 71.5 Å². The third kappa shape index (κ3) is 4.47. The predicted octanol–water partition coefficient (Wildman–Crippen LogP) is 2.96. The second-order valence-corrected chi connectivity index (χ2v) is 6.76. The van der Waals surface area contributed by atoms with Crippen LogP contribution >= 0.6 is 0 Å². The summed E-state index contributed by atoms with van der Waals surface area (Å²) < 4.78 is 19.3. The van der Waals surface area contributed by atoms with E-state index < -0.39 is 5.82 Å². The van der Waals surface area contributed by atoms with Crippen LogP contribution in [0.1, 0.15) is 46.2 Å². The average Bonchev–Trinajstić information content (AvgIpc) is 2.69. The van der Waals surface area contributed by atoms with Crippen molar-refractivity contribution < 1.29 is 18.7 Å². The second kappa shape index (κ2) is 8.82. The van der Waals surface area contributed by atoms with Gasteiger partial charge in [-0.25, -0.2) is 9.37 Å². The monoisotopic (exact) mass is 385 g/mol. The number of pyridine rings is 1. The van der Waals surface area contributed by atoms with Crippen molar-refractivity contribution in [2.24, 2.45) is 0 Å². The van der Waals surface area contributed by atoms with Gasteiger partial charge in [-0.3, -0.25) is 9.59 Å². The molecule has 1 N–H and O–H groups in total. The number of nitrogens with zero attached hydrogens (tertiary/aromatic N) is 2. The zero-order valence-corrected chi connectivity index (χ0v) is 16.1. The van der Waals surface area contributed by atoms with Crippen LogP contribution in [0.5, 0.6) is 5.88 Å². The van der Waals surface area contributed by atoms with Gasteiger partial charge in [-0.05, 0) is 51.0 Å². The molecular formula is C21H24FN3O3. The van der Waals surface area contributed by atoms with Crippen LogP contribution in [0.3, 0.4) is 0 Å². The molecule has 0 bridgehead atoms. The Kier molecular flexibility index (Phi) is 6.23. The number of halogens is 1. The van der Waals surface area contributed by atoms with Crippen molar-refractivity contribution in [3.63, 3.8) is 0 Å². The number of hydrogen-bond acceptors (Lipinski definition) is 4. The molecule has 1 aliphatic rings. The van der Waals surface area contributed by atoms with E-state index in [4.69, 9.17) is 4.74 Å². The van der Waals surface area contributed by atoms with Crippen LogP contribution in [0.15, 0.2) is 36.4 Å². The molecule has 2 heterocycles. The van der Waals surface area contributed by atoms with E-state index in [0.29, 0.717) is 44.0 Å². The number of hydrogen-bond donors (Lipinski definition) is 1. The third-order valence-corrected chi connectivity index (χ3v) is 4.75. The number of aromatic nitrogens is 1. The molecule has 1 saturated heterocycles. The Hall–Kier alpha value is -2.96. The minimum absolute atomic E-state index is 0.0621. The first-order valence-corrected chi connectivity index (χ1v) is 9.44. The third-order valence-electron chi connectivity index (χ3n) is 4.75. The molecule has 2 aromatic rings. The van der Waals surface area contributed by atoms with Crippen molar-refractivity contribution in [2.75, 3.05) is 19.7 Å². The van der Waals surface area contributed by atoms with Gasteiger partial charge in [-0.1, -0.05) is 12.1 Å².